The van der Waals surface area contributed by atoms with Crippen LogP contribution in [-0.4, -0.2) is 20.5 Å². The molecule has 1 rings (SSSR count). The van der Waals surface area contributed by atoms with Gasteiger partial charge in [0.1, 0.15) is 0 Å². The highest BCUT2D eigenvalue weighted by atomic mass is 32.2. The van der Waals surface area contributed by atoms with Crippen molar-refractivity contribution in [2.45, 2.75) is 18.2 Å². The number of allylic oxidation sites excluding steroid dienone is 1. The molecule has 0 aromatic heterocycles. The number of Topliss-reactive ketones (excluding diaryl/α,β-unsaturated/α-hetero) is 1. The molecule has 3 nitrogen and oxygen atoms in total. The highest BCUT2D eigenvalue weighted by Gasteiger charge is 2.11. The van der Waals surface area contributed by atoms with Crippen LogP contribution in [0.4, 0.5) is 0 Å². The van der Waals surface area contributed by atoms with Crippen molar-refractivity contribution in [1.82, 2.24) is 0 Å². The molecule has 0 aliphatic rings. The first-order chi connectivity index (χ1) is 7.30. The summed E-state index contributed by atoms with van der Waals surface area (Å²) in [6.45, 7) is 5.41. The fourth-order valence-corrected chi connectivity index (χ4v) is 1.94. The lowest BCUT2D eigenvalue weighted by Crippen LogP contribution is -2.03. The summed E-state index contributed by atoms with van der Waals surface area (Å²) in [6, 6.07) is 6.06. The summed E-state index contributed by atoms with van der Waals surface area (Å²) in [5, 5.41) is 0. The average molecular weight is 238 g/mol. The third-order valence-corrected chi connectivity index (χ3v) is 3.16. The van der Waals surface area contributed by atoms with E-state index in [9.17, 15) is 13.2 Å². The molecule has 0 atom stereocenters. The monoisotopic (exact) mass is 238 g/mol. The molecule has 0 fully saturated rings. The Morgan fingerprint density at radius 2 is 2.00 bits per heavy atom. The smallest absolute Gasteiger partial charge is 0.175 e. The third-order valence-electron chi connectivity index (χ3n) is 2.05. The normalized spacial score (nSPS) is 11.1. The molecule has 0 amide bonds. The van der Waals surface area contributed by atoms with Crippen LogP contribution in [0.25, 0.3) is 0 Å². The van der Waals surface area contributed by atoms with E-state index < -0.39 is 9.84 Å². The summed E-state index contributed by atoms with van der Waals surface area (Å²) < 4.78 is 22.6. The molecule has 0 heterocycles. The van der Waals surface area contributed by atoms with Crippen molar-refractivity contribution in [3.05, 3.63) is 42.0 Å². The first-order valence-electron chi connectivity index (χ1n) is 4.78. The first kappa shape index (κ1) is 12.6. The van der Waals surface area contributed by atoms with Crippen molar-refractivity contribution in [2.75, 3.05) is 6.26 Å². The fourth-order valence-electron chi connectivity index (χ4n) is 1.28. The molecule has 4 heteroatoms. The van der Waals surface area contributed by atoms with Crippen molar-refractivity contribution < 1.29 is 13.2 Å². The van der Waals surface area contributed by atoms with Crippen LogP contribution in [0.5, 0.6) is 0 Å². The molecule has 0 unspecified atom stereocenters. The Hall–Kier alpha value is -1.42. The second-order valence-corrected chi connectivity index (χ2v) is 5.87. The molecule has 1 aromatic rings. The molecule has 0 saturated heterocycles. The molecule has 0 N–H and O–H groups in total. The largest absolute Gasteiger partial charge is 0.294 e. The molecule has 0 aliphatic heterocycles. The van der Waals surface area contributed by atoms with E-state index in [1.54, 1.807) is 19.1 Å². The fraction of sp³-hybridized carbons (Fsp3) is 0.250. The predicted octanol–water partition coefficient (Wildman–Crippen LogP) is 2.24. The quantitative estimate of drug-likeness (QED) is 0.597. The molecule has 1 aromatic carbocycles. The van der Waals surface area contributed by atoms with Gasteiger partial charge in [-0.05, 0) is 19.1 Å². The lowest BCUT2D eigenvalue weighted by molar-refractivity contribution is 0.0993. The van der Waals surface area contributed by atoms with Gasteiger partial charge in [-0.3, -0.25) is 4.79 Å². The minimum absolute atomic E-state index is 0.113. The standard InChI is InChI=1S/C12H14O3S/c1-9(2)7-12(13)10-5-4-6-11(8-10)16(3,14)15/h4-6,8H,1,7H2,2-3H3. The van der Waals surface area contributed by atoms with Crippen LogP contribution < -0.4 is 0 Å². The van der Waals surface area contributed by atoms with Crippen LogP contribution in [0.15, 0.2) is 41.3 Å². The van der Waals surface area contributed by atoms with Gasteiger partial charge < -0.3 is 0 Å². The van der Waals surface area contributed by atoms with Crippen LogP contribution in [0.3, 0.4) is 0 Å². The molecule has 86 valence electrons. The van der Waals surface area contributed by atoms with E-state index in [-0.39, 0.29) is 17.1 Å². The van der Waals surface area contributed by atoms with Crippen molar-refractivity contribution in [3.8, 4) is 0 Å². The molecule has 16 heavy (non-hydrogen) atoms. The number of carbonyl (C=O) groups is 1. The average Bonchev–Trinajstić information content (AvgIpc) is 2.15. The summed E-state index contributed by atoms with van der Waals surface area (Å²) in [6.07, 6.45) is 1.36. The first-order valence-corrected chi connectivity index (χ1v) is 6.67. The maximum Gasteiger partial charge on any atom is 0.175 e. The van der Waals surface area contributed by atoms with E-state index in [1.807, 2.05) is 0 Å². The predicted molar refractivity (Wildman–Crippen MR) is 63.3 cm³/mol. The van der Waals surface area contributed by atoms with Crippen LogP contribution in [0, 0.1) is 0 Å². The van der Waals surface area contributed by atoms with Crippen LogP contribution in [-0.2, 0) is 9.84 Å². The Bertz CT molecular complexity index is 527. The minimum Gasteiger partial charge on any atom is -0.294 e. The van der Waals surface area contributed by atoms with Gasteiger partial charge in [0, 0.05) is 18.2 Å². The van der Waals surface area contributed by atoms with Crippen molar-refractivity contribution in [2.24, 2.45) is 0 Å². The Balaban J connectivity index is 3.09. The zero-order valence-corrected chi connectivity index (χ0v) is 10.2. The highest BCUT2D eigenvalue weighted by Crippen LogP contribution is 2.14. The summed E-state index contributed by atoms with van der Waals surface area (Å²) in [5.41, 5.74) is 1.17. The molecular weight excluding hydrogens is 224 g/mol. The number of sulfone groups is 1. The summed E-state index contributed by atoms with van der Waals surface area (Å²) in [4.78, 5) is 11.8. The van der Waals surface area contributed by atoms with E-state index in [4.69, 9.17) is 0 Å². The van der Waals surface area contributed by atoms with Crippen molar-refractivity contribution in [1.29, 1.82) is 0 Å². The number of carbonyl (C=O) groups excluding carboxylic acids is 1. The molecule has 0 saturated carbocycles. The third kappa shape index (κ3) is 3.31. The van der Waals surface area contributed by atoms with Gasteiger partial charge in [0.2, 0.25) is 0 Å². The van der Waals surface area contributed by atoms with E-state index >= 15 is 0 Å². The highest BCUT2D eigenvalue weighted by molar-refractivity contribution is 7.90. The van der Waals surface area contributed by atoms with E-state index in [1.165, 1.54) is 12.1 Å². The van der Waals surface area contributed by atoms with Gasteiger partial charge in [-0.1, -0.05) is 24.3 Å². The topological polar surface area (TPSA) is 51.2 Å². The summed E-state index contributed by atoms with van der Waals surface area (Å²) in [7, 11) is -3.26. The van der Waals surface area contributed by atoms with Crippen LogP contribution >= 0.6 is 0 Å². The lowest BCUT2D eigenvalue weighted by Gasteiger charge is -2.03. The van der Waals surface area contributed by atoms with Gasteiger partial charge in [-0.25, -0.2) is 8.42 Å². The van der Waals surface area contributed by atoms with E-state index in [0.717, 1.165) is 11.8 Å². The molecule has 0 radical (unpaired) electrons. The van der Waals surface area contributed by atoms with Gasteiger partial charge in [-0.15, -0.1) is 0 Å². The van der Waals surface area contributed by atoms with Crippen LogP contribution in [0.1, 0.15) is 23.7 Å². The SMILES string of the molecule is C=C(C)CC(=O)c1cccc(S(C)(=O)=O)c1. The molecule has 0 aliphatic carbocycles. The van der Waals surface area contributed by atoms with Gasteiger partial charge in [0.05, 0.1) is 4.90 Å². The number of rotatable bonds is 4. The second kappa shape index (κ2) is 4.61. The van der Waals surface area contributed by atoms with E-state index in [0.29, 0.717) is 5.56 Å². The second-order valence-electron chi connectivity index (χ2n) is 3.86. The Labute approximate surface area is 95.7 Å². The zero-order chi connectivity index (χ0) is 12.3. The van der Waals surface area contributed by atoms with Crippen molar-refractivity contribution in [3.63, 3.8) is 0 Å². The summed E-state index contributed by atoms with van der Waals surface area (Å²) in [5.74, 6) is -0.113. The molecular formula is C12H14O3S. The van der Waals surface area contributed by atoms with Gasteiger partial charge >= 0.3 is 0 Å². The van der Waals surface area contributed by atoms with Crippen LogP contribution in [0.2, 0.25) is 0 Å². The summed E-state index contributed by atoms with van der Waals surface area (Å²) >= 11 is 0. The van der Waals surface area contributed by atoms with E-state index in [2.05, 4.69) is 6.58 Å². The number of benzene rings is 1. The number of hydrogen-bond donors (Lipinski definition) is 0. The maximum atomic E-state index is 11.7. The van der Waals surface area contributed by atoms with Gasteiger partial charge in [0.25, 0.3) is 0 Å². The van der Waals surface area contributed by atoms with Gasteiger partial charge in [0.15, 0.2) is 15.6 Å². The lowest BCUT2D eigenvalue weighted by atomic mass is 10.1. The zero-order valence-electron chi connectivity index (χ0n) is 9.36. The maximum absolute atomic E-state index is 11.7. The van der Waals surface area contributed by atoms with Crippen molar-refractivity contribution >= 4 is 15.6 Å². The Kier molecular flexibility index (Phi) is 3.65. The molecule has 0 bridgehead atoms. The minimum atomic E-state index is -3.26. The van der Waals surface area contributed by atoms with Gasteiger partial charge in [-0.2, -0.15) is 0 Å². The molecule has 0 spiro atoms. The Morgan fingerprint density at radius 1 is 1.38 bits per heavy atom. The number of ketones is 1. The Morgan fingerprint density at radius 3 is 2.50 bits per heavy atom. The number of hydrogen-bond acceptors (Lipinski definition) is 3.